The van der Waals surface area contributed by atoms with E-state index in [2.05, 4.69) is 16.0 Å². The summed E-state index contributed by atoms with van der Waals surface area (Å²) >= 11 is 0. The average molecular weight is 355 g/mol. The molecule has 0 saturated carbocycles. The molecule has 0 heterocycles. The van der Waals surface area contributed by atoms with Gasteiger partial charge in [-0.2, -0.15) is 0 Å². The van der Waals surface area contributed by atoms with Crippen LogP contribution in [-0.4, -0.2) is 38.6 Å². The van der Waals surface area contributed by atoms with Crippen molar-refractivity contribution in [1.82, 2.24) is 5.32 Å². The highest BCUT2D eigenvalue weighted by Crippen LogP contribution is 2.16. The van der Waals surface area contributed by atoms with Crippen LogP contribution < -0.4 is 16.0 Å². The molecule has 0 aliphatic carbocycles. The zero-order valence-corrected chi connectivity index (χ0v) is 15.4. The summed E-state index contributed by atoms with van der Waals surface area (Å²) in [7, 11) is 1.58. The second kappa shape index (κ2) is 9.58. The number of ether oxygens (including phenoxy) is 1. The molecule has 6 heteroatoms. The number of hydrogen-bond donors (Lipinski definition) is 3. The standard InChI is InChI=1S/C20H25N3O3/c1-14-7-8-15(2)18(11-14)22-13-19(24)23-17-6-4-5-16(12-17)20(25)21-9-10-26-3/h4-8,11-12,22H,9-10,13H2,1-3H3,(H,21,25)(H,23,24). The van der Waals surface area contributed by atoms with Crippen molar-refractivity contribution in [2.24, 2.45) is 0 Å². The van der Waals surface area contributed by atoms with Gasteiger partial charge in [-0.3, -0.25) is 9.59 Å². The van der Waals surface area contributed by atoms with Crippen LogP contribution in [0.25, 0.3) is 0 Å². The number of nitrogens with one attached hydrogen (secondary N) is 3. The summed E-state index contributed by atoms with van der Waals surface area (Å²) in [5.74, 6) is -0.380. The van der Waals surface area contributed by atoms with Crippen LogP contribution in [0.1, 0.15) is 21.5 Å². The summed E-state index contributed by atoms with van der Waals surface area (Å²) in [5, 5.41) is 8.69. The molecule has 0 saturated heterocycles. The molecule has 2 rings (SSSR count). The molecular weight excluding hydrogens is 330 g/mol. The van der Waals surface area contributed by atoms with Crippen LogP contribution in [0.15, 0.2) is 42.5 Å². The molecule has 6 nitrogen and oxygen atoms in total. The first-order chi connectivity index (χ1) is 12.5. The molecule has 0 aliphatic rings. The van der Waals surface area contributed by atoms with Gasteiger partial charge in [-0.15, -0.1) is 0 Å². The minimum absolute atomic E-state index is 0.147. The van der Waals surface area contributed by atoms with Crippen molar-refractivity contribution in [3.63, 3.8) is 0 Å². The molecule has 0 aromatic heterocycles. The monoisotopic (exact) mass is 355 g/mol. The van der Waals surface area contributed by atoms with Crippen molar-refractivity contribution in [2.75, 3.05) is 37.4 Å². The normalized spacial score (nSPS) is 10.3. The SMILES string of the molecule is COCCNC(=O)c1cccc(NC(=O)CNc2cc(C)ccc2C)c1. The highest BCUT2D eigenvalue weighted by molar-refractivity contribution is 5.98. The van der Waals surface area contributed by atoms with E-state index in [0.717, 1.165) is 16.8 Å². The first kappa shape index (κ1) is 19.5. The van der Waals surface area contributed by atoms with E-state index in [9.17, 15) is 9.59 Å². The van der Waals surface area contributed by atoms with Crippen molar-refractivity contribution in [3.05, 3.63) is 59.2 Å². The van der Waals surface area contributed by atoms with Crippen molar-refractivity contribution >= 4 is 23.2 Å². The molecule has 0 aliphatic heterocycles. The Balaban J connectivity index is 1.91. The second-order valence-electron chi connectivity index (χ2n) is 6.05. The van der Waals surface area contributed by atoms with Crippen LogP contribution in [-0.2, 0) is 9.53 Å². The Morgan fingerprint density at radius 3 is 2.65 bits per heavy atom. The minimum Gasteiger partial charge on any atom is -0.383 e. The van der Waals surface area contributed by atoms with Gasteiger partial charge in [0.05, 0.1) is 13.2 Å². The topological polar surface area (TPSA) is 79.5 Å². The van der Waals surface area contributed by atoms with Gasteiger partial charge in [-0.25, -0.2) is 0 Å². The number of carbonyl (C=O) groups is 2. The Morgan fingerprint density at radius 2 is 1.88 bits per heavy atom. The van der Waals surface area contributed by atoms with Gasteiger partial charge in [0.1, 0.15) is 0 Å². The fraction of sp³-hybridized carbons (Fsp3) is 0.300. The van der Waals surface area contributed by atoms with E-state index in [1.807, 2.05) is 32.0 Å². The van der Waals surface area contributed by atoms with E-state index in [1.165, 1.54) is 0 Å². The zero-order chi connectivity index (χ0) is 18.9. The highest BCUT2D eigenvalue weighted by Gasteiger charge is 2.08. The molecule has 26 heavy (non-hydrogen) atoms. The number of rotatable bonds is 8. The maximum atomic E-state index is 12.2. The van der Waals surface area contributed by atoms with E-state index in [4.69, 9.17) is 4.74 Å². The maximum absolute atomic E-state index is 12.2. The Hall–Kier alpha value is -2.86. The number of carbonyl (C=O) groups excluding carboxylic acids is 2. The van der Waals surface area contributed by atoms with Gasteiger partial charge in [0.25, 0.3) is 5.91 Å². The third kappa shape index (κ3) is 5.89. The number of methoxy groups -OCH3 is 1. The number of anilines is 2. The van der Waals surface area contributed by atoms with Gasteiger partial charge in [0, 0.05) is 30.6 Å². The van der Waals surface area contributed by atoms with E-state index >= 15 is 0 Å². The van der Waals surface area contributed by atoms with Gasteiger partial charge in [0.15, 0.2) is 0 Å². The molecule has 0 atom stereocenters. The summed E-state index contributed by atoms with van der Waals surface area (Å²) in [6, 6.07) is 12.9. The number of benzene rings is 2. The molecule has 2 aromatic rings. The first-order valence-electron chi connectivity index (χ1n) is 8.48. The molecule has 2 aromatic carbocycles. The third-order valence-corrected chi connectivity index (χ3v) is 3.83. The fourth-order valence-electron chi connectivity index (χ4n) is 2.41. The second-order valence-corrected chi connectivity index (χ2v) is 6.05. The number of amides is 2. The minimum atomic E-state index is -0.202. The van der Waals surface area contributed by atoms with Crippen molar-refractivity contribution in [3.8, 4) is 0 Å². The number of hydrogen-bond acceptors (Lipinski definition) is 4. The van der Waals surface area contributed by atoms with Crippen molar-refractivity contribution in [2.45, 2.75) is 13.8 Å². The van der Waals surface area contributed by atoms with E-state index < -0.39 is 0 Å². The van der Waals surface area contributed by atoms with Crippen LogP contribution in [0, 0.1) is 13.8 Å². The molecule has 0 unspecified atom stereocenters. The summed E-state index contributed by atoms with van der Waals surface area (Å²) in [4.78, 5) is 24.2. The zero-order valence-electron chi connectivity index (χ0n) is 15.4. The van der Waals surface area contributed by atoms with E-state index in [-0.39, 0.29) is 18.4 Å². The van der Waals surface area contributed by atoms with Gasteiger partial charge in [0.2, 0.25) is 5.91 Å². The Bertz CT molecular complexity index is 775. The molecule has 3 N–H and O–H groups in total. The van der Waals surface area contributed by atoms with Crippen LogP contribution in [0.3, 0.4) is 0 Å². The smallest absolute Gasteiger partial charge is 0.251 e. The molecule has 0 bridgehead atoms. The Kier molecular flexibility index (Phi) is 7.17. The van der Waals surface area contributed by atoms with Crippen LogP contribution in [0.2, 0.25) is 0 Å². The Labute approximate surface area is 153 Å². The first-order valence-corrected chi connectivity index (χ1v) is 8.48. The van der Waals surface area contributed by atoms with Crippen LogP contribution >= 0.6 is 0 Å². The summed E-state index contributed by atoms with van der Waals surface area (Å²) < 4.78 is 4.90. The predicted molar refractivity (Wildman–Crippen MR) is 104 cm³/mol. The predicted octanol–water partition coefficient (Wildman–Crippen LogP) is 2.73. The maximum Gasteiger partial charge on any atom is 0.251 e. The quantitative estimate of drug-likeness (QED) is 0.636. The average Bonchev–Trinajstić information content (AvgIpc) is 2.63. The summed E-state index contributed by atoms with van der Waals surface area (Å²) in [6.07, 6.45) is 0. The lowest BCUT2D eigenvalue weighted by molar-refractivity contribution is -0.114. The molecular formula is C20H25N3O3. The van der Waals surface area contributed by atoms with Gasteiger partial charge >= 0.3 is 0 Å². The van der Waals surface area contributed by atoms with E-state index in [1.54, 1.807) is 31.4 Å². The summed E-state index contributed by atoms with van der Waals surface area (Å²) in [5.41, 5.74) is 4.22. The lowest BCUT2D eigenvalue weighted by atomic mass is 10.1. The fourth-order valence-corrected chi connectivity index (χ4v) is 2.41. The van der Waals surface area contributed by atoms with Crippen molar-refractivity contribution < 1.29 is 14.3 Å². The van der Waals surface area contributed by atoms with Crippen LogP contribution in [0.4, 0.5) is 11.4 Å². The lowest BCUT2D eigenvalue weighted by Crippen LogP contribution is -2.27. The van der Waals surface area contributed by atoms with Gasteiger partial charge in [-0.05, 0) is 49.2 Å². The van der Waals surface area contributed by atoms with E-state index in [0.29, 0.717) is 24.4 Å². The molecule has 0 spiro atoms. The largest absolute Gasteiger partial charge is 0.383 e. The highest BCUT2D eigenvalue weighted by atomic mass is 16.5. The van der Waals surface area contributed by atoms with Gasteiger partial charge in [-0.1, -0.05) is 18.2 Å². The lowest BCUT2D eigenvalue weighted by Gasteiger charge is -2.11. The molecule has 138 valence electrons. The van der Waals surface area contributed by atoms with Crippen molar-refractivity contribution in [1.29, 1.82) is 0 Å². The van der Waals surface area contributed by atoms with Gasteiger partial charge < -0.3 is 20.7 Å². The number of aryl methyl sites for hydroxylation is 2. The molecule has 0 radical (unpaired) electrons. The Morgan fingerprint density at radius 1 is 1.08 bits per heavy atom. The third-order valence-electron chi connectivity index (χ3n) is 3.83. The van der Waals surface area contributed by atoms with Crippen LogP contribution in [0.5, 0.6) is 0 Å². The molecule has 0 fully saturated rings. The summed E-state index contributed by atoms with van der Waals surface area (Å²) in [6.45, 7) is 5.03. The molecule has 2 amide bonds.